The molecule has 0 radical (unpaired) electrons. The molecule has 0 saturated carbocycles. The Balaban J connectivity index is 2.68. The molecule has 0 aliphatic rings. The summed E-state index contributed by atoms with van der Waals surface area (Å²) in [6.45, 7) is 5.81. The number of hydrogen-bond acceptors (Lipinski definition) is 3. The van der Waals surface area contributed by atoms with E-state index >= 15 is 0 Å². The van der Waals surface area contributed by atoms with Crippen molar-refractivity contribution in [1.29, 1.82) is 5.26 Å². The molecule has 2 heterocycles. The third kappa shape index (κ3) is 1.57. The van der Waals surface area contributed by atoms with Gasteiger partial charge in [0.25, 0.3) is 0 Å². The highest BCUT2D eigenvalue weighted by Crippen LogP contribution is 2.16. The maximum atomic E-state index is 9.04. The lowest BCUT2D eigenvalue weighted by Gasteiger charge is -2.07. The van der Waals surface area contributed by atoms with Crippen molar-refractivity contribution in [2.45, 2.75) is 20.8 Å². The summed E-state index contributed by atoms with van der Waals surface area (Å²) in [6, 6.07) is 5.77. The minimum Gasteiger partial charge on any atom is -0.286 e. The standard InChI is InChI=1S/C12H12N4/c1-8-4-5-11(6-13)12(15-8)16-7-14-9(2)10(16)3/h4-5,7H,1-3H3. The zero-order valence-electron chi connectivity index (χ0n) is 9.52. The van der Waals surface area contributed by atoms with E-state index in [0.717, 1.165) is 17.1 Å². The van der Waals surface area contributed by atoms with Crippen LogP contribution in [-0.2, 0) is 0 Å². The highest BCUT2D eigenvalue weighted by atomic mass is 15.1. The molecular weight excluding hydrogens is 200 g/mol. The summed E-state index contributed by atoms with van der Waals surface area (Å²) in [7, 11) is 0. The predicted molar refractivity (Wildman–Crippen MR) is 60.3 cm³/mol. The maximum absolute atomic E-state index is 9.04. The van der Waals surface area contributed by atoms with Crippen LogP contribution in [0.25, 0.3) is 5.82 Å². The first-order valence-corrected chi connectivity index (χ1v) is 5.02. The number of imidazole rings is 1. The lowest BCUT2D eigenvalue weighted by atomic mass is 10.2. The molecule has 0 spiro atoms. The SMILES string of the molecule is Cc1ccc(C#N)c(-n2cnc(C)c2C)n1. The first-order valence-electron chi connectivity index (χ1n) is 5.02. The lowest BCUT2D eigenvalue weighted by Crippen LogP contribution is -2.03. The molecule has 4 nitrogen and oxygen atoms in total. The van der Waals surface area contributed by atoms with E-state index in [-0.39, 0.29) is 0 Å². The zero-order valence-corrected chi connectivity index (χ0v) is 9.52. The van der Waals surface area contributed by atoms with Crippen molar-refractivity contribution in [3.63, 3.8) is 0 Å². The second-order valence-corrected chi connectivity index (χ2v) is 3.72. The summed E-state index contributed by atoms with van der Waals surface area (Å²) >= 11 is 0. The van der Waals surface area contributed by atoms with Gasteiger partial charge >= 0.3 is 0 Å². The highest BCUT2D eigenvalue weighted by molar-refractivity contribution is 5.45. The second kappa shape index (κ2) is 3.78. The van der Waals surface area contributed by atoms with Crippen LogP contribution < -0.4 is 0 Å². The van der Waals surface area contributed by atoms with Crippen LogP contribution in [0.3, 0.4) is 0 Å². The average molecular weight is 212 g/mol. The first-order chi connectivity index (χ1) is 7.63. The third-order valence-corrected chi connectivity index (χ3v) is 2.61. The van der Waals surface area contributed by atoms with Crippen LogP contribution in [0.4, 0.5) is 0 Å². The molecule has 2 aromatic heterocycles. The second-order valence-electron chi connectivity index (χ2n) is 3.72. The van der Waals surface area contributed by atoms with Crippen molar-refractivity contribution in [1.82, 2.24) is 14.5 Å². The number of nitriles is 1. The van der Waals surface area contributed by atoms with Crippen LogP contribution in [0, 0.1) is 32.1 Å². The summed E-state index contributed by atoms with van der Waals surface area (Å²) in [4.78, 5) is 8.60. The van der Waals surface area contributed by atoms with Crippen LogP contribution in [0.5, 0.6) is 0 Å². The van der Waals surface area contributed by atoms with Gasteiger partial charge in [-0.25, -0.2) is 9.97 Å². The van der Waals surface area contributed by atoms with Gasteiger partial charge in [-0.3, -0.25) is 4.57 Å². The van der Waals surface area contributed by atoms with Crippen molar-refractivity contribution >= 4 is 0 Å². The Morgan fingerprint density at radius 3 is 2.56 bits per heavy atom. The van der Waals surface area contributed by atoms with E-state index in [1.165, 1.54) is 0 Å². The normalized spacial score (nSPS) is 10.1. The van der Waals surface area contributed by atoms with Gasteiger partial charge in [-0.2, -0.15) is 5.26 Å². The number of nitrogens with zero attached hydrogens (tertiary/aromatic N) is 4. The minimum atomic E-state index is 0.561. The van der Waals surface area contributed by atoms with Gasteiger partial charge in [0.2, 0.25) is 0 Å². The van der Waals surface area contributed by atoms with E-state index in [4.69, 9.17) is 5.26 Å². The van der Waals surface area contributed by atoms with Gasteiger partial charge in [0.05, 0.1) is 11.3 Å². The van der Waals surface area contributed by atoms with E-state index in [2.05, 4.69) is 16.0 Å². The highest BCUT2D eigenvalue weighted by Gasteiger charge is 2.10. The fourth-order valence-corrected chi connectivity index (χ4v) is 1.53. The van der Waals surface area contributed by atoms with Gasteiger partial charge in [-0.15, -0.1) is 0 Å². The van der Waals surface area contributed by atoms with E-state index in [0.29, 0.717) is 11.4 Å². The topological polar surface area (TPSA) is 54.5 Å². The molecule has 80 valence electrons. The lowest BCUT2D eigenvalue weighted by molar-refractivity contribution is 0.932. The molecule has 2 aromatic rings. The Bertz CT molecular complexity index is 575. The van der Waals surface area contributed by atoms with E-state index < -0.39 is 0 Å². The summed E-state index contributed by atoms with van der Waals surface area (Å²) in [6.07, 6.45) is 1.70. The molecule has 0 bridgehead atoms. The molecule has 2 rings (SSSR count). The predicted octanol–water partition coefficient (Wildman–Crippen LogP) is 2.06. The Hall–Kier alpha value is -2.15. The molecule has 0 aromatic carbocycles. The van der Waals surface area contributed by atoms with Gasteiger partial charge < -0.3 is 0 Å². The minimum absolute atomic E-state index is 0.561. The number of rotatable bonds is 1. The van der Waals surface area contributed by atoms with Gasteiger partial charge in [-0.05, 0) is 32.9 Å². The number of aryl methyl sites for hydroxylation is 2. The van der Waals surface area contributed by atoms with Crippen molar-refractivity contribution in [2.75, 3.05) is 0 Å². The van der Waals surface area contributed by atoms with Gasteiger partial charge in [0.15, 0.2) is 5.82 Å². The van der Waals surface area contributed by atoms with Crippen LogP contribution in [0.15, 0.2) is 18.5 Å². The summed E-state index contributed by atoms with van der Waals surface area (Å²) < 4.78 is 1.85. The smallest absolute Gasteiger partial charge is 0.156 e. The van der Waals surface area contributed by atoms with Gasteiger partial charge in [0, 0.05) is 11.4 Å². The molecule has 16 heavy (non-hydrogen) atoms. The quantitative estimate of drug-likeness (QED) is 0.727. The average Bonchev–Trinajstić information content (AvgIpc) is 2.60. The molecular formula is C12H12N4. The van der Waals surface area contributed by atoms with Gasteiger partial charge in [-0.1, -0.05) is 0 Å². The van der Waals surface area contributed by atoms with Crippen molar-refractivity contribution in [3.05, 3.63) is 41.1 Å². The third-order valence-electron chi connectivity index (χ3n) is 2.61. The van der Waals surface area contributed by atoms with Crippen molar-refractivity contribution in [3.8, 4) is 11.9 Å². The maximum Gasteiger partial charge on any atom is 0.156 e. The molecule has 0 fully saturated rings. The summed E-state index contributed by atoms with van der Waals surface area (Å²) in [5.41, 5.74) is 3.41. The van der Waals surface area contributed by atoms with Crippen LogP contribution in [-0.4, -0.2) is 14.5 Å². The van der Waals surface area contributed by atoms with Crippen LogP contribution >= 0.6 is 0 Å². The number of hydrogen-bond donors (Lipinski definition) is 0. The molecule has 0 atom stereocenters. The molecule has 0 aliphatic heterocycles. The molecule has 0 N–H and O–H groups in total. The fourth-order valence-electron chi connectivity index (χ4n) is 1.53. The van der Waals surface area contributed by atoms with Gasteiger partial charge in [0.1, 0.15) is 12.4 Å². The number of aromatic nitrogens is 3. The molecule has 0 aliphatic carbocycles. The van der Waals surface area contributed by atoms with Crippen LogP contribution in [0.1, 0.15) is 22.6 Å². The Labute approximate surface area is 94.2 Å². The largest absolute Gasteiger partial charge is 0.286 e. The fraction of sp³-hybridized carbons (Fsp3) is 0.250. The summed E-state index contributed by atoms with van der Waals surface area (Å²) in [5, 5.41) is 9.04. The molecule has 4 heteroatoms. The van der Waals surface area contributed by atoms with E-state index in [1.807, 2.05) is 31.4 Å². The Kier molecular flexibility index (Phi) is 2.45. The first kappa shape index (κ1) is 10.4. The number of pyridine rings is 1. The molecule has 0 amide bonds. The molecule has 0 saturated heterocycles. The summed E-state index contributed by atoms with van der Waals surface area (Å²) in [5.74, 6) is 0.653. The Morgan fingerprint density at radius 2 is 2.00 bits per heavy atom. The zero-order chi connectivity index (χ0) is 11.7. The Morgan fingerprint density at radius 1 is 1.25 bits per heavy atom. The van der Waals surface area contributed by atoms with Crippen molar-refractivity contribution < 1.29 is 0 Å². The van der Waals surface area contributed by atoms with E-state index in [1.54, 1.807) is 12.4 Å². The molecule has 0 unspecified atom stereocenters. The van der Waals surface area contributed by atoms with Crippen molar-refractivity contribution in [2.24, 2.45) is 0 Å². The monoisotopic (exact) mass is 212 g/mol. The van der Waals surface area contributed by atoms with Crippen LogP contribution in [0.2, 0.25) is 0 Å². The van der Waals surface area contributed by atoms with E-state index in [9.17, 15) is 0 Å².